The van der Waals surface area contributed by atoms with Crippen molar-refractivity contribution >= 4 is 0 Å². The maximum Gasteiger partial charge on any atom is 0.417 e. The molecule has 0 rings (SSSR count). The summed E-state index contributed by atoms with van der Waals surface area (Å²) in [5.41, 5.74) is 0. The Morgan fingerprint density at radius 2 is 1.80 bits per heavy atom. The zero-order valence-electron chi connectivity index (χ0n) is 5.12. The smallest absolute Gasteiger partial charge is 0.251 e. The Hall–Kier alpha value is -0.320. The summed E-state index contributed by atoms with van der Waals surface area (Å²) in [5, 5.41) is 10.0. The van der Waals surface area contributed by atoms with Gasteiger partial charge in [0.15, 0.2) is 6.10 Å². The molecule has 1 unspecified atom stereocenters. The molecule has 0 N–H and O–H groups in total. The topological polar surface area (TPSA) is 19.9 Å². The first-order chi connectivity index (χ1) is 4.48. The summed E-state index contributed by atoms with van der Waals surface area (Å²) in [4.78, 5) is 0. The summed E-state index contributed by atoms with van der Waals surface area (Å²) in [6.45, 7) is -0.866. The van der Waals surface area contributed by atoms with Crippen molar-refractivity contribution in [2.45, 2.75) is 25.1 Å². The van der Waals surface area contributed by atoms with Gasteiger partial charge in [-0.2, -0.15) is 13.2 Å². The lowest BCUT2D eigenvalue weighted by atomic mass is 10.2. The molecule has 1 nitrogen and oxygen atoms in total. The van der Waals surface area contributed by atoms with Crippen molar-refractivity contribution < 1.29 is 22.7 Å². The zero-order chi connectivity index (χ0) is 8.20. The molecule has 0 bridgehead atoms. The molecule has 0 amide bonds. The van der Waals surface area contributed by atoms with Crippen LogP contribution >= 0.6 is 0 Å². The summed E-state index contributed by atoms with van der Waals surface area (Å²) in [6.07, 6.45) is -8.31. The van der Waals surface area contributed by atoms with Crippen LogP contribution in [0.5, 0.6) is 0 Å². The molecule has 0 spiro atoms. The van der Waals surface area contributed by atoms with Gasteiger partial charge in [-0.1, -0.05) is 0 Å². The Kier molecular flexibility index (Phi) is 3.63. The second-order valence-electron chi connectivity index (χ2n) is 1.86. The van der Waals surface area contributed by atoms with Gasteiger partial charge >= 0.3 is 6.18 Å². The van der Waals surface area contributed by atoms with E-state index in [0.29, 0.717) is 0 Å². The Bertz CT molecular complexity index is 90.1. The Balaban J connectivity index is 3.52. The molecular formula is C5H7F4O. The molecule has 0 aromatic rings. The average molecular weight is 159 g/mol. The first-order valence-corrected chi connectivity index (χ1v) is 2.77. The number of hydrogen-bond acceptors (Lipinski definition) is 0. The van der Waals surface area contributed by atoms with Gasteiger partial charge in [0, 0.05) is 0 Å². The minimum absolute atomic E-state index is 0.312. The number of hydrogen-bond donors (Lipinski definition) is 0. The average Bonchev–Trinajstić information content (AvgIpc) is 1.80. The van der Waals surface area contributed by atoms with E-state index in [2.05, 4.69) is 0 Å². The number of halogens is 4. The summed E-state index contributed by atoms with van der Waals surface area (Å²) in [5.74, 6) is 0. The molecule has 5 heteroatoms. The van der Waals surface area contributed by atoms with Gasteiger partial charge in [0.1, 0.15) is 0 Å². The molecule has 0 aromatic carbocycles. The molecule has 0 aliphatic rings. The third-order valence-corrected chi connectivity index (χ3v) is 0.965. The zero-order valence-corrected chi connectivity index (χ0v) is 5.12. The van der Waals surface area contributed by atoms with Crippen molar-refractivity contribution in [3.63, 3.8) is 0 Å². The van der Waals surface area contributed by atoms with E-state index in [1.165, 1.54) is 0 Å². The van der Waals surface area contributed by atoms with E-state index in [4.69, 9.17) is 0 Å². The molecule has 10 heavy (non-hydrogen) atoms. The number of alkyl halides is 4. The molecule has 61 valence electrons. The maximum atomic E-state index is 11.3. The van der Waals surface area contributed by atoms with Gasteiger partial charge in [-0.3, -0.25) is 4.39 Å². The fourth-order valence-electron chi connectivity index (χ4n) is 0.426. The SMILES string of the molecule is [O]C(CCCF)C(F)(F)F. The van der Waals surface area contributed by atoms with Crippen LogP contribution in [0.4, 0.5) is 17.6 Å². The molecular weight excluding hydrogens is 152 g/mol. The van der Waals surface area contributed by atoms with Crippen LogP contribution in [-0.4, -0.2) is 19.0 Å². The predicted octanol–water partition coefficient (Wildman–Crippen LogP) is 2.10. The Morgan fingerprint density at radius 1 is 1.30 bits per heavy atom. The van der Waals surface area contributed by atoms with Gasteiger partial charge in [-0.25, -0.2) is 5.11 Å². The second kappa shape index (κ2) is 3.75. The van der Waals surface area contributed by atoms with Gasteiger partial charge in [0.2, 0.25) is 0 Å². The molecule has 0 saturated heterocycles. The molecule has 0 heterocycles. The van der Waals surface area contributed by atoms with Crippen LogP contribution in [0, 0.1) is 0 Å². The van der Waals surface area contributed by atoms with Crippen molar-refractivity contribution in [1.29, 1.82) is 0 Å². The lowest BCUT2D eigenvalue weighted by Gasteiger charge is -2.10. The van der Waals surface area contributed by atoms with Gasteiger partial charge in [0.05, 0.1) is 6.67 Å². The molecule has 0 aliphatic heterocycles. The van der Waals surface area contributed by atoms with Gasteiger partial charge in [0.25, 0.3) is 0 Å². The van der Waals surface area contributed by atoms with E-state index in [-0.39, 0.29) is 6.42 Å². The van der Waals surface area contributed by atoms with Crippen molar-refractivity contribution in [2.24, 2.45) is 0 Å². The quantitative estimate of drug-likeness (QED) is 0.562. The minimum Gasteiger partial charge on any atom is -0.251 e. The van der Waals surface area contributed by atoms with E-state index in [9.17, 15) is 22.7 Å². The fourth-order valence-corrected chi connectivity index (χ4v) is 0.426. The monoisotopic (exact) mass is 159 g/mol. The Morgan fingerprint density at radius 3 is 2.10 bits per heavy atom. The lowest BCUT2D eigenvalue weighted by molar-refractivity contribution is -0.223. The highest BCUT2D eigenvalue weighted by Crippen LogP contribution is 2.23. The largest absolute Gasteiger partial charge is 0.417 e. The van der Waals surface area contributed by atoms with Crippen molar-refractivity contribution in [3.8, 4) is 0 Å². The highest BCUT2D eigenvalue weighted by atomic mass is 19.4. The van der Waals surface area contributed by atoms with Gasteiger partial charge in [-0.15, -0.1) is 0 Å². The highest BCUT2D eigenvalue weighted by Gasteiger charge is 2.38. The van der Waals surface area contributed by atoms with Crippen LogP contribution in [0.3, 0.4) is 0 Å². The van der Waals surface area contributed by atoms with Crippen molar-refractivity contribution in [2.75, 3.05) is 6.67 Å². The standard InChI is InChI=1S/C5H7F4O/c6-3-1-2-4(10)5(7,8)9/h4H,1-3H2. The minimum atomic E-state index is -4.71. The summed E-state index contributed by atoms with van der Waals surface area (Å²) < 4.78 is 45.2. The van der Waals surface area contributed by atoms with Crippen molar-refractivity contribution in [1.82, 2.24) is 0 Å². The highest BCUT2D eigenvalue weighted by molar-refractivity contribution is 4.63. The lowest BCUT2D eigenvalue weighted by Crippen LogP contribution is -2.27. The van der Waals surface area contributed by atoms with Crippen LogP contribution in [-0.2, 0) is 5.11 Å². The maximum absolute atomic E-state index is 11.3. The first kappa shape index (κ1) is 9.68. The third kappa shape index (κ3) is 3.66. The third-order valence-electron chi connectivity index (χ3n) is 0.965. The van der Waals surface area contributed by atoms with E-state index in [0.717, 1.165) is 0 Å². The predicted molar refractivity (Wildman–Crippen MR) is 25.7 cm³/mol. The first-order valence-electron chi connectivity index (χ1n) is 2.77. The molecule has 0 saturated carbocycles. The summed E-state index contributed by atoms with van der Waals surface area (Å²) in [6, 6.07) is 0. The summed E-state index contributed by atoms with van der Waals surface area (Å²) >= 11 is 0. The molecule has 0 aliphatic carbocycles. The normalized spacial score (nSPS) is 15.3. The number of rotatable bonds is 3. The summed E-state index contributed by atoms with van der Waals surface area (Å²) in [7, 11) is 0. The van der Waals surface area contributed by atoms with Crippen LogP contribution in [0.2, 0.25) is 0 Å². The van der Waals surface area contributed by atoms with Crippen LogP contribution < -0.4 is 0 Å². The molecule has 1 radical (unpaired) electrons. The molecule has 1 atom stereocenters. The van der Waals surface area contributed by atoms with Gasteiger partial charge < -0.3 is 0 Å². The molecule has 0 aromatic heterocycles. The molecule has 0 fully saturated rings. The fraction of sp³-hybridized carbons (Fsp3) is 1.00. The van der Waals surface area contributed by atoms with E-state index in [1.54, 1.807) is 0 Å². The van der Waals surface area contributed by atoms with Crippen molar-refractivity contribution in [3.05, 3.63) is 0 Å². The van der Waals surface area contributed by atoms with E-state index < -0.39 is 25.4 Å². The van der Waals surface area contributed by atoms with Gasteiger partial charge in [-0.05, 0) is 12.8 Å². The van der Waals surface area contributed by atoms with Crippen LogP contribution in [0.25, 0.3) is 0 Å². The second-order valence-corrected chi connectivity index (χ2v) is 1.86. The van der Waals surface area contributed by atoms with E-state index >= 15 is 0 Å². The van der Waals surface area contributed by atoms with Crippen LogP contribution in [0.1, 0.15) is 12.8 Å². The van der Waals surface area contributed by atoms with E-state index in [1.807, 2.05) is 0 Å². The van der Waals surface area contributed by atoms with Crippen LogP contribution in [0.15, 0.2) is 0 Å². The Labute approximate surface area is 55.7 Å².